The summed E-state index contributed by atoms with van der Waals surface area (Å²) >= 11 is 3.50. The summed E-state index contributed by atoms with van der Waals surface area (Å²) in [5, 5.41) is 34.9. The van der Waals surface area contributed by atoms with E-state index in [9.17, 15) is 10.2 Å². The van der Waals surface area contributed by atoms with Crippen LogP contribution in [-0.4, -0.2) is 115 Å². The Morgan fingerprint density at radius 3 is 1.28 bits per heavy atom. The maximum atomic E-state index is 9.39. The van der Waals surface area contributed by atoms with E-state index in [2.05, 4.69) is 20.8 Å². The van der Waals surface area contributed by atoms with Gasteiger partial charge in [0.25, 0.3) is 0 Å². The molecule has 0 aromatic heterocycles. The Morgan fingerprint density at radius 2 is 1.07 bits per heavy atom. The lowest BCUT2D eigenvalue weighted by atomic mass is 10.1. The van der Waals surface area contributed by atoms with E-state index in [0.29, 0.717) is 12.1 Å². The predicted octanol–water partition coefficient (Wildman–Crippen LogP) is 2.25. The van der Waals surface area contributed by atoms with Gasteiger partial charge in [0.15, 0.2) is 0 Å². The molecule has 3 saturated heterocycles. The first kappa shape index (κ1) is 31.3. The molecule has 3 rings (SSSR count). The summed E-state index contributed by atoms with van der Waals surface area (Å²) in [7, 11) is 11.5. The summed E-state index contributed by atoms with van der Waals surface area (Å²) in [6.07, 6.45) is 0. The van der Waals surface area contributed by atoms with Gasteiger partial charge in [0.1, 0.15) is 0 Å². The lowest BCUT2D eigenvalue weighted by Gasteiger charge is -2.38. The fourth-order valence-corrected chi connectivity index (χ4v) is 12.2. The molecule has 29 heavy (non-hydrogen) atoms. The second-order valence-corrected chi connectivity index (χ2v) is 15.2. The number of nitrogens with zero attached hydrogens (tertiary/aromatic N) is 1. The van der Waals surface area contributed by atoms with E-state index in [1.54, 1.807) is 0 Å². The number of aliphatic hydroxyl groups excluding tert-OH is 4. The molecule has 6 N–H and O–H groups in total. The van der Waals surface area contributed by atoms with Crippen LogP contribution in [0.4, 0.5) is 0 Å². The Balaban J connectivity index is 0.000000500. The molecule has 6 nitrogen and oxygen atoms in total. The Bertz CT molecular complexity index is 353. The Kier molecular flexibility index (Phi) is 21.4. The first-order valence-electron chi connectivity index (χ1n) is 8.91. The standard InChI is InChI=1S/C9H17NO2S4.C3H5BrS2.C3H9NO2.CH4/c11-1-7(2-12)10(8-3-13-14-4-8)9-5-15-16-6-9;4-3-1-5-6-2-3;4-3(1-5)2-6;/h7-9,11-12H,1-6H2;3H,1-2H2;3,5-6H,1-2,4H2;1H4. The summed E-state index contributed by atoms with van der Waals surface area (Å²) < 4.78 is 0. The van der Waals surface area contributed by atoms with Crippen molar-refractivity contribution in [2.45, 2.75) is 36.4 Å². The molecule has 0 aromatic rings. The summed E-state index contributed by atoms with van der Waals surface area (Å²) in [4.78, 5) is 3.16. The van der Waals surface area contributed by atoms with E-state index >= 15 is 0 Å². The quantitative estimate of drug-likeness (QED) is 0.221. The zero-order valence-corrected chi connectivity index (χ0v) is 22.1. The van der Waals surface area contributed by atoms with Crippen molar-refractivity contribution in [3.8, 4) is 0 Å². The second kappa shape index (κ2) is 19.8. The largest absolute Gasteiger partial charge is 0.395 e. The number of halogens is 1. The molecule has 0 saturated carbocycles. The molecule has 0 bridgehead atoms. The molecule has 0 atom stereocenters. The molecule has 3 aliphatic rings. The van der Waals surface area contributed by atoms with E-state index in [4.69, 9.17) is 15.9 Å². The normalized spacial score (nSPS) is 20.6. The molecule has 0 radical (unpaired) electrons. The molecule has 0 aromatic carbocycles. The van der Waals surface area contributed by atoms with E-state index in [-0.39, 0.29) is 39.9 Å². The predicted molar refractivity (Wildman–Crippen MR) is 144 cm³/mol. The molecule has 0 amide bonds. The van der Waals surface area contributed by atoms with Gasteiger partial charge < -0.3 is 26.2 Å². The zero-order chi connectivity index (χ0) is 20.8. The van der Waals surface area contributed by atoms with Gasteiger partial charge in [0, 0.05) is 51.4 Å². The van der Waals surface area contributed by atoms with Crippen molar-refractivity contribution < 1.29 is 20.4 Å². The van der Waals surface area contributed by atoms with Crippen LogP contribution in [0.1, 0.15) is 7.43 Å². The molecule has 3 fully saturated rings. The molecule has 0 unspecified atom stereocenters. The molecule has 13 heteroatoms. The minimum atomic E-state index is -0.454. The smallest absolute Gasteiger partial charge is 0.0609 e. The number of rotatable bonds is 7. The van der Waals surface area contributed by atoms with Crippen LogP contribution < -0.4 is 5.73 Å². The highest BCUT2D eigenvalue weighted by molar-refractivity contribution is 9.10. The number of hydrogen-bond donors (Lipinski definition) is 5. The van der Waals surface area contributed by atoms with Crippen LogP contribution in [0.5, 0.6) is 0 Å². The summed E-state index contributed by atoms with van der Waals surface area (Å²) in [6, 6.07) is 0.505. The van der Waals surface area contributed by atoms with Crippen LogP contribution in [0, 0.1) is 0 Å². The van der Waals surface area contributed by atoms with Gasteiger partial charge in [-0.1, -0.05) is 88.1 Å². The van der Waals surface area contributed by atoms with Crippen LogP contribution in [0.15, 0.2) is 0 Å². The first-order chi connectivity index (χ1) is 13.6. The Labute approximate surface area is 207 Å². The van der Waals surface area contributed by atoms with Crippen LogP contribution in [0.3, 0.4) is 0 Å². The highest BCUT2D eigenvalue weighted by Gasteiger charge is 2.36. The number of hydrogen-bond acceptors (Lipinski definition) is 12. The SMILES string of the molecule is BrC1CSSC1.C.NC(CO)CO.OCC(CO)N(C1CSSC1)C1CSSC1. The van der Waals surface area contributed by atoms with E-state index in [1.807, 2.05) is 64.8 Å². The third-order valence-corrected chi connectivity index (χ3v) is 13.1. The number of aliphatic hydroxyl groups is 4. The number of nitrogens with two attached hydrogens (primary N) is 1. The number of alkyl halides is 1. The van der Waals surface area contributed by atoms with E-state index < -0.39 is 6.04 Å². The van der Waals surface area contributed by atoms with Gasteiger partial charge >= 0.3 is 0 Å². The average molecular weight is 592 g/mol. The van der Waals surface area contributed by atoms with Gasteiger partial charge in [-0.2, -0.15) is 0 Å². The fraction of sp³-hybridized carbons (Fsp3) is 1.00. The third-order valence-electron chi connectivity index (χ3n) is 3.94. The Hall–Kier alpha value is 2.34. The summed E-state index contributed by atoms with van der Waals surface area (Å²) in [6.45, 7) is -0.157. The van der Waals surface area contributed by atoms with Crippen molar-refractivity contribution in [1.29, 1.82) is 0 Å². The van der Waals surface area contributed by atoms with Crippen LogP contribution in [-0.2, 0) is 0 Å². The Morgan fingerprint density at radius 1 is 0.724 bits per heavy atom. The van der Waals surface area contributed by atoms with Gasteiger partial charge in [0.05, 0.1) is 38.5 Å². The van der Waals surface area contributed by atoms with Gasteiger partial charge in [0.2, 0.25) is 0 Å². The van der Waals surface area contributed by atoms with Gasteiger partial charge in [-0.15, -0.1) is 0 Å². The van der Waals surface area contributed by atoms with Crippen LogP contribution in [0.2, 0.25) is 0 Å². The fourth-order valence-electron chi connectivity index (χ4n) is 2.44. The van der Waals surface area contributed by atoms with Crippen molar-refractivity contribution in [3.63, 3.8) is 0 Å². The zero-order valence-electron chi connectivity index (χ0n) is 15.6. The van der Waals surface area contributed by atoms with Gasteiger partial charge in [-0.25, -0.2) is 0 Å². The monoisotopic (exact) mass is 590 g/mol. The lowest BCUT2D eigenvalue weighted by Crippen LogP contribution is -2.54. The van der Waals surface area contributed by atoms with Crippen LogP contribution in [0.25, 0.3) is 0 Å². The lowest BCUT2D eigenvalue weighted by molar-refractivity contribution is 0.0379. The minimum absolute atomic E-state index is 0. The highest BCUT2D eigenvalue weighted by Crippen LogP contribution is 2.39. The maximum Gasteiger partial charge on any atom is 0.0609 e. The molecule has 3 aliphatic heterocycles. The molecule has 3 heterocycles. The van der Waals surface area contributed by atoms with E-state index in [1.165, 1.54) is 11.5 Å². The summed E-state index contributed by atoms with van der Waals surface area (Å²) in [5.41, 5.74) is 4.97. The van der Waals surface area contributed by atoms with Crippen molar-refractivity contribution in [3.05, 3.63) is 0 Å². The van der Waals surface area contributed by atoms with Crippen LogP contribution >= 0.6 is 80.7 Å². The first-order valence-corrected chi connectivity index (χ1v) is 17.3. The second-order valence-electron chi connectivity index (χ2n) is 6.20. The van der Waals surface area contributed by atoms with Crippen molar-refractivity contribution >= 4 is 80.7 Å². The molecule has 0 aliphatic carbocycles. The van der Waals surface area contributed by atoms with E-state index in [0.717, 1.165) is 27.8 Å². The highest BCUT2D eigenvalue weighted by atomic mass is 79.9. The van der Waals surface area contributed by atoms with Crippen molar-refractivity contribution in [1.82, 2.24) is 4.90 Å². The molecular formula is C16H35BrN2O4S6. The summed E-state index contributed by atoms with van der Waals surface area (Å²) in [5.74, 6) is 7.04. The minimum Gasteiger partial charge on any atom is -0.395 e. The molecule has 0 spiro atoms. The average Bonchev–Trinajstić information content (AvgIpc) is 3.50. The van der Waals surface area contributed by atoms with Gasteiger partial charge in [-0.05, 0) is 0 Å². The third kappa shape index (κ3) is 13.0. The molecular weight excluding hydrogens is 556 g/mol. The maximum absolute atomic E-state index is 9.39. The molecule has 176 valence electrons. The van der Waals surface area contributed by atoms with Gasteiger partial charge in [-0.3, -0.25) is 4.90 Å². The van der Waals surface area contributed by atoms with Crippen molar-refractivity contribution in [2.24, 2.45) is 5.73 Å². The topological polar surface area (TPSA) is 110 Å². The van der Waals surface area contributed by atoms with Crippen molar-refractivity contribution in [2.75, 3.05) is 60.9 Å².